The van der Waals surface area contributed by atoms with Crippen LogP contribution in [0.25, 0.3) is 0 Å². The molecule has 0 aromatic rings. The fraction of sp³-hybridized carbons (Fsp3) is 0.500. The van der Waals surface area contributed by atoms with Gasteiger partial charge >= 0.3 is 11.9 Å². The van der Waals surface area contributed by atoms with Crippen LogP contribution in [-0.4, -0.2) is 23.1 Å². The van der Waals surface area contributed by atoms with Crippen LogP contribution in [0.2, 0.25) is 0 Å². The largest absolute Gasteiger partial charge is 0.481 e. The van der Waals surface area contributed by atoms with Crippen molar-refractivity contribution in [3.05, 3.63) is 12.7 Å². The third kappa shape index (κ3) is 3.18. The standard InChI is InChI=1S/C8H12O4/c1-4-7(9)12-6(3)5(2)8(10)11/h4-6H,1H2,2-3H3,(H,10,11). The molecule has 0 rings (SSSR count). The SMILES string of the molecule is C=CC(=O)OC(C)C(C)C(=O)O. The highest BCUT2D eigenvalue weighted by Crippen LogP contribution is 2.07. The van der Waals surface area contributed by atoms with Gasteiger partial charge in [-0.3, -0.25) is 4.79 Å². The molecule has 0 aliphatic heterocycles. The van der Waals surface area contributed by atoms with E-state index in [1.807, 2.05) is 0 Å². The molecule has 68 valence electrons. The number of carbonyl (C=O) groups excluding carboxylic acids is 1. The number of carboxylic acids is 1. The lowest BCUT2D eigenvalue weighted by Gasteiger charge is -2.15. The van der Waals surface area contributed by atoms with Crippen molar-refractivity contribution in [1.82, 2.24) is 0 Å². The molecule has 2 atom stereocenters. The molecule has 0 aliphatic carbocycles. The molecule has 0 aliphatic rings. The highest BCUT2D eigenvalue weighted by Gasteiger charge is 2.21. The summed E-state index contributed by atoms with van der Waals surface area (Å²) in [5.41, 5.74) is 0. The lowest BCUT2D eigenvalue weighted by Crippen LogP contribution is -2.27. The van der Waals surface area contributed by atoms with Crippen molar-refractivity contribution in [3.63, 3.8) is 0 Å². The summed E-state index contributed by atoms with van der Waals surface area (Å²) >= 11 is 0. The molecule has 4 nitrogen and oxygen atoms in total. The topological polar surface area (TPSA) is 63.6 Å². The predicted molar refractivity (Wildman–Crippen MR) is 42.6 cm³/mol. The quantitative estimate of drug-likeness (QED) is 0.503. The Morgan fingerprint density at radius 3 is 2.33 bits per heavy atom. The van der Waals surface area contributed by atoms with Crippen LogP contribution in [0.5, 0.6) is 0 Å². The van der Waals surface area contributed by atoms with Crippen molar-refractivity contribution in [1.29, 1.82) is 0 Å². The van der Waals surface area contributed by atoms with Crippen LogP contribution in [0.15, 0.2) is 12.7 Å². The Kier molecular flexibility index (Phi) is 4.04. The molecule has 0 aromatic carbocycles. The Labute approximate surface area is 70.8 Å². The molecule has 0 amide bonds. The lowest BCUT2D eigenvalue weighted by atomic mass is 10.1. The molecule has 0 saturated heterocycles. The van der Waals surface area contributed by atoms with Crippen LogP contribution in [0.3, 0.4) is 0 Å². The van der Waals surface area contributed by atoms with Gasteiger partial charge in [-0.15, -0.1) is 0 Å². The maximum Gasteiger partial charge on any atom is 0.330 e. The first-order valence-electron chi connectivity index (χ1n) is 3.55. The zero-order valence-corrected chi connectivity index (χ0v) is 7.11. The first-order valence-corrected chi connectivity index (χ1v) is 3.55. The number of rotatable bonds is 4. The van der Waals surface area contributed by atoms with Gasteiger partial charge in [-0.1, -0.05) is 6.58 Å². The van der Waals surface area contributed by atoms with E-state index in [2.05, 4.69) is 11.3 Å². The van der Waals surface area contributed by atoms with Crippen molar-refractivity contribution in [3.8, 4) is 0 Å². The minimum Gasteiger partial charge on any atom is -0.481 e. The summed E-state index contributed by atoms with van der Waals surface area (Å²) < 4.78 is 4.68. The summed E-state index contributed by atoms with van der Waals surface area (Å²) in [4.78, 5) is 21.0. The summed E-state index contributed by atoms with van der Waals surface area (Å²) in [5, 5.41) is 8.52. The van der Waals surface area contributed by atoms with Gasteiger partial charge in [0, 0.05) is 6.08 Å². The van der Waals surface area contributed by atoms with Gasteiger partial charge in [-0.25, -0.2) is 4.79 Å². The zero-order chi connectivity index (χ0) is 9.72. The highest BCUT2D eigenvalue weighted by molar-refractivity contribution is 5.81. The zero-order valence-electron chi connectivity index (χ0n) is 7.11. The molecule has 0 bridgehead atoms. The van der Waals surface area contributed by atoms with E-state index in [0.717, 1.165) is 6.08 Å². The second-order valence-electron chi connectivity index (χ2n) is 2.47. The van der Waals surface area contributed by atoms with Gasteiger partial charge in [0.05, 0.1) is 5.92 Å². The summed E-state index contributed by atoms with van der Waals surface area (Å²) in [6.07, 6.45) is 0.374. The van der Waals surface area contributed by atoms with E-state index < -0.39 is 24.0 Å². The van der Waals surface area contributed by atoms with Crippen molar-refractivity contribution in [2.75, 3.05) is 0 Å². The predicted octanol–water partition coefficient (Wildman–Crippen LogP) is 0.825. The van der Waals surface area contributed by atoms with Crippen LogP contribution in [0, 0.1) is 5.92 Å². The fourth-order valence-corrected chi connectivity index (χ4v) is 0.534. The van der Waals surface area contributed by atoms with Crippen molar-refractivity contribution >= 4 is 11.9 Å². The Morgan fingerprint density at radius 1 is 1.50 bits per heavy atom. The Bertz CT molecular complexity index is 197. The average Bonchev–Trinajstić information content (AvgIpc) is 2.02. The molecular weight excluding hydrogens is 160 g/mol. The molecule has 4 heteroatoms. The third-order valence-electron chi connectivity index (χ3n) is 1.56. The van der Waals surface area contributed by atoms with Crippen LogP contribution in [0.4, 0.5) is 0 Å². The van der Waals surface area contributed by atoms with E-state index in [1.54, 1.807) is 0 Å². The van der Waals surface area contributed by atoms with Crippen LogP contribution in [0.1, 0.15) is 13.8 Å². The first-order chi connectivity index (χ1) is 5.49. The summed E-state index contributed by atoms with van der Waals surface area (Å²) in [5.74, 6) is -2.29. The molecular formula is C8H12O4. The van der Waals surface area contributed by atoms with Gasteiger partial charge in [-0.05, 0) is 13.8 Å². The molecule has 2 unspecified atom stereocenters. The van der Waals surface area contributed by atoms with E-state index in [1.165, 1.54) is 13.8 Å². The number of ether oxygens (including phenoxy) is 1. The van der Waals surface area contributed by atoms with Crippen molar-refractivity contribution in [2.24, 2.45) is 5.92 Å². The van der Waals surface area contributed by atoms with Crippen LogP contribution >= 0.6 is 0 Å². The fourth-order valence-electron chi connectivity index (χ4n) is 0.534. The minimum absolute atomic E-state index is 0.601. The highest BCUT2D eigenvalue weighted by atomic mass is 16.5. The van der Waals surface area contributed by atoms with Gasteiger partial charge in [0.2, 0.25) is 0 Å². The molecule has 0 saturated carbocycles. The van der Waals surface area contributed by atoms with E-state index in [0.29, 0.717) is 0 Å². The number of aliphatic carboxylic acids is 1. The lowest BCUT2D eigenvalue weighted by molar-refractivity contribution is -0.153. The molecule has 0 heterocycles. The number of carboxylic acid groups (broad SMARTS) is 1. The number of hydrogen-bond donors (Lipinski definition) is 1. The minimum atomic E-state index is -0.987. The molecule has 0 aromatic heterocycles. The molecule has 0 fully saturated rings. The number of carbonyl (C=O) groups is 2. The van der Waals surface area contributed by atoms with Crippen LogP contribution < -0.4 is 0 Å². The van der Waals surface area contributed by atoms with Crippen LogP contribution in [-0.2, 0) is 14.3 Å². The van der Waals surface area contributed by atoms with Gasteiger partial charge in [0.15, 0.2) is 0 Å². The summed E-state index contributed by atoms with van der Waals surface area (Å²) in [7, 11) is 0. The van der Waals surface area contributed by atoms with E-state index in [-0.39, 0.29) is 0 Å². The Hall–Kier alpha value is -1.32. The van der Waals surface area contributed by atoms with E-state index >= 15 is 0 Å². The molecule has 0 spiro atoms. The van der Waals surface area contributed by atoms with Gasteiger partial charge in [0.1, 0.15) is 6.10 Å². The van der Waals surface area contributed by atoms with E-state index in [4.69, 9.17) is 5.11 Å². The van der Waals surface area contributed by atoms with Gasteiger partial charge in [0.25, 0.3) is 0 Å². The van der Waals surface area contributed by atoms with Crippen molar-refractivity contribution in [2.45, 2.75) is 20.0 Å². The summed E-state index contributed by atoms with van der Waals surface area (Å²) in [6, 6.07) is 0. The molecule has 1 N–H and O–H groups in total. The van der Waals surface area contributed by atoms with Gasteiger partial charge < -0.3 is 9.84 Å². The Morgan fingerprint density at radius 2 is 2.00 bits per heavy atom. The second-order valence-corrected chi connectivity index (χ2v) is 2.47. The molecule has 12 heavy (non-hydrogen) atoms. The first kappa shape index (κ1) is 10.7. The maximum absolute atomic E-state index is 10.6. The third-order valence-corrected chi connectivity index (χ3v) is 1.56. The average molecular weight is 172 g/mol. The Balaban J connectivity index is 4.03. The molecule has 0 radical (unpaired) electrons. The second kappa shape index (κ2) is 4.54. The van der Waals surface area contributed by atoms with E-state index in [9.17, 15) is 9.59 Å². The van der Waals surface area contributed by atoms with Crippen molar-refractivity contribution < 1.29 is 19.4 Å². The summed E-state index contributed by atoms with van der Waals surface area (Å²) in [6.45, 7) is 6.20. The maximum atomic E-state index is 10.6. The smallest absolute Gasteiger partial charge is 0.330 e. The number of hydrogen-bond acceptors (Lipinski definition) is 3. The number of esters is 1. The monoisotopic (exact) mass is 172 g/mol. The van der Waals surface area contributed by atoms with Gasteiger partial charge in [-0.2, -0.15) is 0 Å². The normalized spacial score (nSPS) is 14.5.